The van der Waals surface area contributed by atoms with Crippen molar-refractivity contribution in [1.29, 1.82) is 0 Å². The maximum absolute atomic E-state index is 11.6. The number of benzene rings is 1. The van der Waals surface area contributed by atoms with Gasteiger partial charge in [0.1, 0.15) is 12.4 Å². The summed E-state index contributed by atoms with van der Waals surface area (Å²) in [5.41, 5.74) is -0.0673. The summed E-state index contributed by atoms with van der Waals surface area (Å²) in [6, 6.07) is 7.44. The highest BCUT2D eigenvalue weighted by molar-refractivity contribution is 5.82. The Morgan fingerprint density at radius 1 is 1.21 bits per heavy atom. The van der Waals surface area contributed by atoms with E-state index in [0.717, 1.165) is 49.9 Å². The van der Waals surface area contributed by atoms with Crippen molar-refractivity contribution in [1.82, 2.24) is 9.88 Å². The second-order valence-corrected chi connectivity index (χ2v) is 6.59. The van der Waals surface area contributed by atoms with Crippen molar-refractivity contribution in [2.24, 2.45) is 5.92 Å². The van der Waals surface area contributed by atoms with Gasteiger partial charge in [-0.05, 0) is 35.6 Å². The number of H-pyrrole nitrogens is 1. The molecule has 0 amide bonds. The molecule has 1 aromatic carbocycles. The smallest absolute Gasteiger partial charge is 0.255 e. The van der Waals surface area contributed by atoms with Crippen molar-refractivity contribution in [3.8, 4) is 5.75 Å². The van der Waals surface area contributed by atoms with Gasteiger partial charge in [0.2, 0.25) is 0 Å². The summed E-state index contributed by atoms with van der Waals surface area (Å²) in [4.78, 5) is 16.6. The molecule has 3 rings (SSSR count). The van der Waals surface area contributed by atoms with E-state index >= 15 is 0 Å². The number of ether oxygens (including phenoxy) is 2. The number of fused-ring (bicyclic) bond motifs is 1. The predicted octanol–water partition coefficient (Wildman–Crippen LogP) is 2.90. The SMILES string of the molecule is CC(C)C.O=c1[nH]ccc2cc(OCCN3CCOCC3)ccc12. The molecular formula is C19H28N2O3. The molecular weight excluding hydrogens is 304 g/mol. The molecule has 0 aliphatic carbocycles. The first-order valence-electron chi connectivity index (χ1n) is 8.60. The highest BCUT2D eigenvalue weighted by atomic mass is 16.5. The maximum atomic E-state index is 11.6. The lowest BCUT2D eigenvalue weighted by Gasteiger charge is -2.26. The van der Waals surface area contributed by atoms with Crippen LogP contribution in [-0.4, -0.2) is 49.3 Å². The second kappa shape index (κ2) is 9.45. The van der Waals surface area contributed by atoms with E-state index in [9.17, 15) is 4.79 Å². The largest absolute Gasteiger partial charge is 0.492 e. The van der Waals surface area contributed by atoms with Gasteiger partial charge in [0.05, 0.1) is 13.2 Å². The van der Waals surface area contributed by atoms with E-state index in [2.05, 4.69) is 30.7 Å². The normalized spacial score (nSPS) is 15.2. The lowest BCUT2D eigenvalue weighted by atomic mass is 10.2. The number of pyridine rings is 1. The Bertz CT molecular complexity index is 673. The van der Waals surface area contributed by atoms with E-state index in [4.69, 9.17) is 9.47 Å². The van der Waals surface area contributed by atoms with Crippen molar-refractivity contribution in [3.05, 3.63) is 40.8 Å². The molecule has 1 saturated heterocycles. The lowest BCUT2D eigenvalue weighted by Crippen LogP contribution is -2.38. The highest BCUT2D eigenvalue weighted by Gasteiger charge is 2.09. The first-order chi connectivity index (χ1) is 11.6. The second-order valence-electron chi connectivity index (χ2n) is 6.59. The minimum Gasteiger partial charge on any atom is -0.492 e. The highest BCUT2D eigenvalue weighted by Crippen LogP contribution is 2.17. The van der Waals surface area contributed by atoms with Gasteiger partial charge in [-0.25, -0.2) is 0 Å². The summed E-state index contributed by atoms with van der Waals surface area (Å²) in [7, 11) is 0. The molecule has 132 valence electrons. The quantitative estimate of drug-likeness (QED) is 0.935. The molecule has 0 spiro atoms. The molecule has 1 N–H and O–H groups in total. The Morgan fingerprint density at radius 3 is 2.62 bits per heavy atom. The number of hydrogen-bond donors (Lipinski definition) is 1. The fourth-order valence-corrected chi connectivity index (χ4v) is 2.38. The molecule has 0 atom stereocenters. The number of hydrogen-bond acceptors (Lipinski definition) is 4. The molecule has 5 heteroatoms. The Kier molecular flexibility index (Phi) is 7.28. The Morgan fingerprint density at radius 2 is 1.92 bits per heavy atom. The Balaban J connectivity index is 0.000000471. The average Bonchev–Trinajstić information content (AvgIpc) is 2.55. The van der Waals surface area contributed by atoms with Crippen LogP contribution in [0, 0.1) is 5.92 Å². The van der Waals surface area contributed by atoms with E-state index in [-0.39, 0.29) is 5.56 Å². The van der Waals surface area contributed by atoms with Gasteiger partial charge in [0, 0.05) is 31.2 Å². The zero-order chi connectivity index (χ0) is 17.4. The van der Waals surface area contributed by atoms with Crippen LogP contribution in [0.2, 0.25) is 0 Å². The summed E-state index contributed by atoms with van der Waals surface area (Å²) in [6.45, 7) is 11.6. The minimum atomic E-state index is -0.0673. The number of nitrogens with one attached hydrogen (secondary N) is 1. The van der Waals surface area contributed by atoms with Crippen LogP contribution < -0.4 is 10.3 Å². The summed E-state index contributed by atoms with van der Waals surface area (Å²) < 4.78 is 11.1. The van der Waals surface area contributed by atoms with Gasteiger partial charge in [-0.1, -0.05) is 20.8 Å². The van der Waals surface area contributed by atoms with Gasteiger partial charge in [-0.2, -0.15) is 0 Å². The molecule has 0 bridgehead atoms. The van der Waals surface area contributed by atoms with Crippen LogP contribution in [0.4, 0.5) is 0 Å². The molecule has 1 aliphatic heterocycles. The van der Waals surface area contributed by atoms with Crippen LogP contribution >= 0.6 is 0 Å². The molecule has 0 unspecified atom stereocenters. The van der Waals surface area contributed by atoms with Crippen LogP contribution in [0.5, 0.6) is 5.75 Å². The van der Waals surface area contributed by atoms with Crippen molar-refractivity contribution in [3.63, 3.8) is 0 Å². The molecule has 2 heterocycles. The number of morpholine rings is 1. The topological polar surface area (TPSA) is 54.6 Å². The summed E-state index contributed by atoms with van der Waals surface area (Å²) in [5, 5.41) is 1.59. The number of aromatic amines is 1. The third kappa shape index (κ3) is 5.98. The van der Waals surface area contributed by atoms with Crippen LogP contribution in [0.25, 0.3) is 10.8 Å². The van der Waals surface area contributed by atoms with E-state index in [1.54, 1.807) is 12.3 Å². The summed E-state index contributed by atoms with van der Waals surface area (Å²) in [5.74, 6) is 1.64. The molecule has 24 heavy (non-hydrogen) atoms. The monoisotopic (exact) mass is 332 g/mol. The zero-order valence-corrected chi connectivity index (χ0v) is 14.9. The number of rotatable bonds is 4. The van der Waals surface area contributed by atoms with E-state index in [1.807, 2.05) is 18.2 Å². The van der Waals surface area contributed by atoms with Gasteiger partial charge < -0.3 is 14.5 Å². The van der Waals surface area contributed by atoms with Crippen molar-refractivity contribution in [2.75, 3.05) is 39.5 Å². The van der Waals surface area contributed by atoms with E-state index in [0.29, 0.717) is 12.0 Å². The van der Waals surface area contributed by atoms with Crippen molar-refractivity contribution < 1.29 is 9.47 Å². The third-order valence-corrected chi connectivity index (χ3v) is 3.52. The van der Waals surface area contributed by atoms with Crippen molar-refractivity contribution in [2.45, 2.75) is 20.8 Å². The Hall–Kier alpha value is -1.85. The van der Waals surface area contributed by atoms with Gasteiger partial charge in [0.15, 0.2) is 0 Å². The summed E-state index contributed by atoms with van der Waals surface area (Å²) >= 11 is 0. The van der Waals surface area contributed by atoms with Gasteiger partial charge in [0.25, 0.3) is 5.56 Å². The molecule has 1 fully saturated rings. The molecule has 5 nitrogen and oxygen atoms in total. The lowest BCUT2D eigenvalue weighted by molar-refractivity contribution is 0.0322. The maximum Gasteiger partial charge on any atom is 0.255 e. The van der Waals surface area contributed by atoms with Crippen LogP contribution in [0.15, 0.2) is 35.3 Å². The molecule has 0 radical (unpaired) electrons. The van der Waals surface area contributed by atoms with Gasteiger partial charge in [-0.15, -0.1) is 0 Å². The fourth-order valence-electron chi connectivity index (χ4n) is 2.38. The average molecular weight is 332 g/mol. The third-order valence-electron chi connectivity index (χ3n) is 3.52. The fraction of sp³-hybridized carbons (Fsp3) is 0.526. The van der Waals surface area contributed by atoms with Gasteiger partial charge in [-0.3, -0.25) is 9.69 Å². The number of nitrogens with zero attached hydrogens (tertiary/aromatic N) is 1. The molecule has 0 saturated carbocycles. The van der Waals surface area contributed by atoms with Crippen molar-refractivity contribution >= 4 is 10.8 Å². The van der Waals surface area contributed by atoms with Crippen LogP contribution in [0.3, 0.4) is 0 Å². The van der Waals surface area contributed by atoms with E-state index in [1.165, 1.54) is 0 Å². The number of aromatic nitrogens is 1. The zero-order valence-electron chi connectivity index (χ0n) is 14.9. The van der Waals surface area contributed by atoms with Crippen LogP contribution in [-0.2, 0) is 4.74 Å². The molecule has 2 aromatic rings. The summed E-state index contributed by atoms with van der Waals surface area (Å²) in [6.07, 6.45) is 1.65. The first kappa shape index (κ1) is 18.5. The minimum absolute atomic E-state index is 0.0673. The first-order valence-corrected chi connectivity index (χ1v) is 8.60. The molecule has 1 aliphatic rings. The Labute approximate surface area is 143 Å². The standard InChI is InChI=1S/C15H18N2O3.C4H10/c18-15-14-2-1-13(11-12(14)3-4-16-15)20-10-7-17-5-8-19-9-6-17;1-4(2)3/h1-4,11H,5-10H2,(H,16,18);4H,1-3H3. The van der Waals surface area contributed by atoms with Crippen LogP contribution in [0.1, 0.15) is 20.8 Å². The van der Waals surface area contributed by atoms with E-state index < -0.39 is 0 Å². The van der Waals surface area contributed by atoms with Gasteiger partial charge >= 0.3 is 0 Å². The predicted molar refractivity (Wildman–Crippen MR) is 97.8 cm³/mol. The molecule has 1 aromatic heterocycles.